The van der Waals surface area contributed by atoms with Crippen LogP contribution in [-0.2, 0) is 14.1 Å². The molecule has 0 fully saturated rings. The summed E-state index contributed by atoms with van der Waals surface area (Å²) in [6.45, 7) is 4.14. The minimum Gasteiger partial charge on any atom is -0.272 e. The molecule has 0 spiro atoms. The molecule has 3 heterocycles. The molecule has 24 heavy (non-hydrogen) atoms. The van der Waals surface area contributed by atoms with E-state index in [0.29, 0.717) is 0 Å². The molecule has 0 unspecified atom stereocenters. The summed E-state index contributed by atoms with van der Waals surface area (Å²) in [4.78, 5) is 4.80. The quantitative estimate of drug-likeness (QED) is 0.567. The van der Waals surface area contributed by atoms with Gasteiger partial charge in [0.25, 0.3) is 0 Å². The minimum absolute atomic E-state index is 0.773. The van der Waals surface area contributed by atoms with Gasteiger partial charge in [0.15, 0.2) is 5.65 Å². The summed E-state index contributed by atoms with van der Waals surface area (Å²) in [6, 6.07) is 12.5. The van der Waals surface area contributed by atoms with Crippen LogP contribution in [0, 0.1) is 13.8 Å². The van der Waals surface area contributed by atoms with Crippen LogP contribution in [0.15, 0.2) is 42.6 Å². The molecule has 0 aliphatic heterocycles. The maximum Gasteiger partial charge on any atom is 0.182 e. The van der Waals surface area contributed by atoms with E-state index < -0.39 is 0 Å². The Labute approximate surface area is 140 Å². The van der Waals surface area contributed by atoms with Crippen LogP contribution in [0.25, 0.3) is 33.4 Å². The lowest BCUT2D eigenvalue weighted by Gasteiger charge is -2.08. The van der Waals surface area contributed by atoms with E-state index >= 15 is 0 Å². The molecular weight excluding hydrogens is 298 g/mol. The standard InChI is InChI=1S/C19H19N5/c1-12-16(11-20-23(12)3)17-10-15(14-8-6-5-7-9-14)18-13(2)24(4)22-19(18)21-17/h5-11H,1-4H3. The number of pyridine rings is 1. The maximum atomic E-state index is 4.80. The average Bonchev–Trinajstić information content (AvgIpc) is 3.07. The molecule has 0 radical (unpaired) electrons. The molecule has 0 saturated heterocycles. The molecule has 4 rings (SSSR count). The van der Waals surface area contributed by atoms with Gasteiger partial charge in [-0.1, -0.05) is 30.3 Å². The summed E-state index contributed by atoms with van der Waals surface area (Å²) in [5.41, 5.74) is 7.26. The van der Waals surface area contributed by atoms with E-state index in [9.17, 15) is 0 Å². The topological polar surface area (TPSA) is 48.5 Å². The third kappa shape index (κ3) is 2.12. The third-order valence-corrected chi connectivity index (χ3v) is 4.69. The Morgan fingerprint density at radius 2 is 1.62 bits per heavy atom. The number of nitrogens with zero attached hydrogens (tertiary/aromatic N) is 5. The number of fused-ring (bicyclic) bond motifs is 1. The highest BCUT2D eigenvalue weighted by Crippen LogP contribution is 2.34. The van der Waals surface area contributed by atoms with Crippen LogP contribution in [0.4, 0.5) is 0 Å². The molecule has 0 amide bonds. The Morgan fingerprint density at radius 1 is 0.875 bits per heavy atom. The van der Waals surface area contributed by atoms with Gasteiger partial charge in [-0.2, -0.15) is 10.2 Å². The van der Waals surface area contributed by atoms with Gasteiger partial charge < -0.3 is 0 Å². The van der Waals surface area contributed by atoms with Crippen molar-refractivity contribution in [2.24, 2.45) is 14.1 Å². The number of aromatic nitrogens is 5. The first-order valence-electron chi connectivity index (χ1n) is 7.95. The van der Waals surface area contributed by atoms with Crippen molar-refractivity contribution < 1.29 is 0 Å². The molecular formula is C19H19N5. The largest absolute Gasteiger partial charge is 0.272 e. The normalized spacial score (nSPS) is 11.3. The number of benzene rings is 1. The molecule has 120 valence electrons. The van der Waals surface area contributed by atoms with Gasteiger partial charge >= 0.3 is 0 Å². The van der Waals surface area contributed by atoms with Gasteiger partial charge in [0.1, 0.15) is 0 Å². The van der Waals surface area contributed by atoms with Gasteiger partial charge in [-0.25, -0.2) is 4.98 Å². The molecule has 3 aromatic heterocycles. The van der Waals surface area contributed by atoms with E-state index in [-0.39, 0.29) is 0 Å². The van der Waals surface area contributed by atoms with Crippen molar-refractivity contribution >= 4 is 11.0 Å². The fourth-order valence-corrected chi connectivity index (χ4v) is 3.07. The zero-order valence-corrected chi connectivity index (χ0v) is 14.3. The third-order valence-electron chi connectivity index (χ3n) is 4.69. The Bertz CT molecular complexity index is 1040. The lowest BCUT2D eigenvalue weighted by atomic mass is 9.99. The molecule has 0 bridgehead atoms. The van der Waals surface area contributed by atoms with Crippen LogP contribution in [0.2, 0.25) is 0 Å². The Balaban J connectivity index is 2.07. The summed E-state index contributed by atoms with van der Waals surface area (Å²) < 4.78 is 3.76. The first-order valence-corrected chi connectivity index (χ1v) is 7.95. The van der Waals surface area contributed by atoms with Gasteiger partial charge in [0.2, 0.25) is 0 Å². The van der Waals surface area contributed by atoms with Crippen molar-refractivity contribution in [2.45, 2.75) is 13.8 Å². The van der Waals surface area contributed by atoms with Crippen molar-refractivity contribution in [3.05, 3.63) is 54.0 Å². The second-order valence-electron chi connectivity index (χ2n) is 6.10. The van der Waals surface area contributed by atoms with E-state index in [1.807, 2.05) is 35.7 Å². The Kier molecular flexibility index (Phi) is 3.23. The van der Waals surface area contributed by atoms with Crippen LogP contribution in [-0.4, -0.2) is 24.5 Å². The van der Waals surface area contributed by atoms with E-state index in [1.165, 1.54) is 5.56 Å². The smallest absolute Gasteiger partial charge is 0.182 e. The lowest BCUT2D eigenvalue weighted by Crippen LogP contribution is -1.94. The van der Waals surface area contributed by atoms with Crippen LogP contribution >= 0.6 is 0 Å². The maximum absolute atomic E-state index is 4.80. The minimum atomic E-state index is 0.773. The molecule has 0 saturated carbocycles. The zero-order valence-electron chi connectivity index (χ0n) is 14.3. The lowest BCUT2D eigenvalue weighted by molar-refractivity contribution is 0.740. The van der Waals surface area contributed by atoms with E-state index in [4.69, 9.17) is 4.98 Å². The molecule has 0 N–H and O–H groups in total. The van der Waals surface area contributed by atoms with Crippen molar-refractivity contribution in [2.75, 3.05) is 0 Å². The van der Waals surface area contributed by atoms with Gasteiger partial charge in [0.05, 0.1) is 11.9 Å². The fraction of sp³-hybridized carbons (Fsp3) is 0.211. The van der Waals surface area contributed by atoms with Gasteiger partial charge in [-0.15, -0.1) is 0 Å². The van der Waals surface area contributed by atoms with Gasteiger partial charge in [-0.3, -0.25) is 9.36 Å². The molecule has 1 aromatic carbocycles. The second kappa shape index (κ2) is 5.30. The van der Waals surface area contributed by atoms with Crippen molar-refractivity contribution in [3.8, 4) is 22.4 Å². The van der Waals surface area contributed by atoms with E-state index in [0.717, 1.165) is 39.2 Å². The summed E-state index contributed by atoms with van der Waals surface area (Å²) >= 11 is 0. The zero-order chi connectivity index (χ0) is 16.8. The number of hydrogen-bond donors (Lipinski definition) is 0. The first-order chi connectivity index (χ1) is 11.6. The number of hydrogen-bond acceptors (Lipinski definition) is 3. The van der Waals surface area contributed by atoms with Crippen LogP contribution in [0.3, 0.4) is 0 Å². The fourth-order valence-electron chi connectivity index (χ4n) is 3.07. The van der Waals surface area contributed by atoms with Crippen LogP contribution in [0.1, 0.15) is 11.4 Å². The van der Waals surface area contributed by atoms with Crippen LogP contribution < -0.4 is 0 Å². The predicted octanol–water partition coefficient (Wildman–Crippen LogP) is 3.65. The van der Waals surface area contributed by atoms with E-state index in [2.05, 4.69) is 54.4 Å². The summed E-state index contributed by atoms with van der Waals surface area (Å²) in [5, 5.41) is 10.1. The highest BCUT2D eigenvalue weighted by atomic mass is 15.3. The SMILES string of the molecule is Cc1c(-c2cc(-c3ccccc3)c3c(C)n(C)nc3n2)cnn1C. The van der Waals surface area contributed by atoms with Crippen LogP contribution in [0.5, 0.6) is 0 Å². The number of aryl methyl sites for hydroxylation is 3. The van der Waals surface area contributed by atoms with Crippen molar-refractivity contribution in [3.63, 3.8) is 0 Å². The predicted molar refractivity (Wildman–Crippen MR) is 95.6 cm³/mol. The molecule has 0 aliphatic carbocycles. The number of rotatable bonds is 2. The summed E-state index contributed by atoms with van der Waals surface area (Å²) in [5.74, 6) is 0. The van der Waals surface area contributed by atoms with Crippen molar-refractivity contribution in [1.29, 1.82) is 0 Å². The monoisotopic (exact) mass is 317 g/mol. The molecule has 5 heteroatoms. The Morgan fingerprint density at radius 3 is 2.29 bits per heavy atom. The van der Waals surface area contributed by atoms with E-state index in [1.54, 1.807) is 0 Å². The molecule has 0 atom stereocenters. The second-order valence-corrected chi connectivity index (χ2v) is 6.10. The average molecular weight is 317 g/mol. The highest BCUT2D eigenvalue weighted by Gasteiger charge is 2.17. The highest BCUT2D eigenvalue weighted by molar-refractivity contribution is 5.96. The van der Waals surface area contributed by atoms with Gasteiger partial charge in [-0.05, 0) is 31.0 Å². The van der Waals surface area contributed by atoms with Crippen molar-refractivity contribution in [1.82, 2.24) is 24.5 Å². The van der Waals surface area contributed by atoms with Gasteiger partial charge in [0, 0.05) is 36.4 Å². The summed E-state index contributed by atoms with van der Waals surface area (Å²) in [6.07, 6.45) is 1.87. The first kappa shape index (κ1) is 14.6. The molecule has 5 nitrogen and oxygen atoms in total. The Hall–Kier alpha value is -2.95. The summed E-state index contributed by atoms with van der Waals surface area (Å²) in [7, 11) is 3.90. The molecule has 0 aliphatic rings. The molecule has 4 aromatic rings.